The van der Waals surface area contributed by atoms with Gasteiger partial charge in [0.05, 0.1) is 0 Å². The van der Waals surface area contributed by atoms with E-state index in [2.05, 4.69) is 17.6 Å². The Morgan fingerprint density at radius 3 is 1.80 bits per heavy atom. The third kappa shape index (κ3) is 4.75. The molecule has 0 spiro atoms. The molecular weight excluding hydrogens is 139 g/mol. The fourth-order valence-electron chi connectivity index (χ4n) is 0. The van der Waals surface area contributed by atoms with Gasteiger partial charge in [0.1, 0.15) is 0 Å². The van der Waals surface area contributed by atoms with Crippen LogP contribution in [0.2, 0.25) is 0 Å². The van der Waals surface area contributed by atoms with E-state index in [9.17, 15) is 0 Å². The van der Waals surface area contributed by atoms with E-state index in [0.29, 0.717) is 0 Å². The minimum absolute atomic E-state index is 0.799. The molecule has 0 aliphatic rings. The third-order valence-corrected chi connectivity index (χ3v) is 1.97. The predicted molar refractivity (Wildman–Crippen MR) is 20.9 cm³/mol. The molecule has 0 aromatic rings. The molecule has 0 saturated heterocycles. The molecule has 0 aliphatic carbocycles. The Kier molecular flexibility index (Phi) is 3.41. The quantitative estimate of drug-likeness (QED) is 0.519. The molecule has 0 aromatic heterocycles. The molecule has 0 radical (unpaired) electrons. The van der Waals surface area contributed by atoms with E-state index >= 15 is 0 Å². The van der Waals surface area contributed by atoms with Crippen LogP contribution in [0.25, 0.3) is 0 Å². The van der Waals surface area contributed by atoms with E-state index in [0.717, 1.165) is 5.92 Å². The van der Waals surface area contributed by atoms with Crippen molar-refractivity contribution in [2.45, 2.75) is 13.8 Å². The van der Waals surface area contributed by atoms with Gasteiger partial charge in [0.15, 0.2) is 0 Å². The van der Waals surface area contributed by atoms with Crippen LogP contribution in [0.3, 0.4) is 0 Å². The van der Waals surface area contributed by atoms with E-state index in [1.807, 2.05) is 0 Å². The van der Waals surface area contributed by atoms with Gasteiger partial charge in [0.25, 0.3) is 0 Å². The molecule has 0 rings (SSSR count). The summed E-state index contributed by atoms with van der Waals surface area (Å²) in [5.74, 6) is 0.799. The normalized spacial score (nSPS) is 9.00. The van der Waals surface area contributed by atoms with Crippen LogP contribution in [0, 0.1) is 5.92 Å². The van der Waals surface area contributed by atoms with E-state index in [1.165, 1.54) is 24.2 Å². The summed E-state index contributed by atoms with van der Waals surface area (Å²) in [4.78, 5) is 0. The van der Waals surface area contributed by atoms with Crippen LogP contribution in [0.1, 0.15) is 13.8 Å². The fraction of sp³-hybridized carbons (Fsp3) is 0.750. The molecule has 0 fully saturated rings. The zero-order valence-corrected chi connectivity index (χ0v) is 6.11. The van der Waals surface area contributed by atoms with Crippen molar-refractivity contribution in [3.05, 3.63) is 0 Å². The summed E-state index contributed by atoms with van der Waals surface area (Å²) in [6, 6.07) is 0. The molecule has 0 aliphatic heterocycles. The van der Waals surface area contributed by atoms with Crippen molar-refractivity contribution in [1.29, 1.82) is 0 Å². The van der Waals surface area contributed by atoms with Crippen LogP contribution < -0.4 is 0 Å². The molecule has 0 aromatic carbocycles. The van der Waals surface area contributed by atoms with Crippen molar-refractivity contribution < 1.29 is 24.2 Å². The van der Waals surface area contributed by atoms with Gasteiger partial charge in [-0.25, -0.2) is 0 Å². The zero-order chi connectivity index (χ0) is 4.28. The predicted octanol–water partition coefficient (Wildman–Crippen LogP) is 0.991. The molecule has 0 saturated carbocycles. The topological polar surface area (TPSA) is 0 Å². The van der Waals surface area contributed by atoms with Crippen molar-refractivity contribution in [1.82, 2.24) is 0 Å². The van der Waals surface area contributed by atoms with Gasteiger partial charge in [-0.15, -0.1) is 0 Å². The van der Waals surface area contributed by atoms with Crippen molar-refractivity contribution in [2.24, 2.45) is 5.92 Å². The van der Waals surface area contributed by atoms with Gasteiger partial charge >= 0.3 is 47.7 Å². The fourth-order valence-corrected chi connectivity index (χ4v) is 0. The van der Waals surface area contributed by atoms with Gasteiger partial charge in [-0.05, 0) is 0 Å². The molecule has 0 nitrogen and oxygen atoms in total. The zero-order valence-electron chi connectivity index (χ0n) is 3.65. The first-order chi connectivity index (χ1) is 2.27. The van der Waals surface area contributed by atoms with E-state index in [4.69, 9.17) is 0 Å². The Morgan fingerprint density at radius 2 is 1.80 bits per heavy atom. The second-order valence-corrected chi connectivity index (χ2v) is 2.23. The van der Waals surface area contributed by atoms with Crippen LogP contribution >= 0.6 is 0 Å². The molecule has 26 valence electrons. The molecule has 0 N–H and O–H groups in total. The summed E-state index contributed by atoms with van der Waals surface area (Å²) in [7, 11) is 0. The summed E-state index contributed by atoms with van der Waals surface area (Å²) >= 11 is 1.54. The molecular formula is C4H8Zr+2. The van der Waals surface area contributed by atoms with Crippen LogP contribution in [-0.2, 0) is 24.2 Å². The summed E-state index contributed by atoms with van der Waals surface area (Å²) in [6.45, 7) is 4.38. The maximum absolute atomic E-state index is 2.26. The minimum atomic E-state index is 0.799. The summed E-state index contributed by atoms with van der Waals surface area (Å²) in [6.07, 6.45) is 0. The first-order valence-electron chi connectivity index (χ1n) is 1.78. The van der Waals surface area contributed by atoms with Crippen molar-refractivity contribution in [3.63, 3.8) is 0 Å². The number of hydrogen-bond acceptors (Lipinski definition) is 0. The van der Waals surface area contributed by atoms with Gasteiger partial charge in [-0.1, -0.05) is 0 Å². The Bertz CT molecular complexity index is 30.6. The molecule has 0 amide bonds. The van der Waals surface area contributed by atoms with Gasteiger partial charge in [-0.3, -0.25) is 0 Å². The third-order valence-electron chi connectivity index (χ3n) is 0.333. The van der Waals surface area contributed by atoms with Crippen molar-refractivity contribution >= 4 is 3.71 Å². The Hall–Kier alpha value is 0.753. The molecule has 0 heterocycles. The van der Waals surface area contributed by atoms with E-state index in [-0.39, 0.29) is 0 Å². The molecule has 0 bridgehead atoms. The second-order valence-electron chi connectivity index (χ2n) is 1.41. The van der Waals surface area contributed by atoms with Gasteiger partial charge < -0.3 is 0 Å². The molecule has 0 atom stereocenters. The summed E-state index contributed by atoms with van der Waals surface area (Å²) in [5, 5.41) is 0. The first kappa shape index (κ1) is 5.75. The monoisotopic (exact) mass is 146 g/mol. The van der Waals surface area contributed by atoms with Crippen LogP contribution in [0.5, 0.6) is 0 Å². The van der Waals surface area contributed by atoms with Crippen LogP contribution in [0.15, 0.2) is 0 Å². The van der Waals surface area contributed by atoms with Crippen LogP contribution in [-0.4, -0.2) is 3.71 Å². The average molecular weight is 147 g/mol. The van der Waals surface area contributed by atoms with Gasteiger partial charge in [-0.2, -0.15) is 0 Å². The number of hydrogen-bond donors (Lipinski definition) is 0. The maximum atomic E-state index is 2.26. The van der Waals surface area contributed by atoms with E-state index in [1.54, 1.807) is 0 Å². The average Bonchev–Trinajstić information content (AvgIpc) is 1.38. The molecule has 1 heteroatoms. The van der Waals surface area contributed by atoms with E-state index < -0.39 is 0 Å². The molecule has 5 heavy (non-hydrogen) atoms. The van der Waals surface area contributed by atoms with Crippen molar-refractivity contribution in [2.75, 3.05) is 0 Å². The Labute approximate surface area is 47.9 Å². The first-order valence-corrected chi connectivity index (χ1v) is 3.20. The van der Waals surface area contributed by atoms with Gasteiger partial charge in [0, 0.05) is 0 Å². The van der Waals surface area contributed by atoms with Crippen molar-refractivity contribution in [3.8, 4) is 0 Å². The Balaban J connectivity index is 2.83. The second kappa shape index (κ2) is 2.96. The summed E-state index contributed by atoms with van der Waals surface area (Å²) < 4.78 is 2.26. The summed E-state index contributed by atoms with van der Waals surface area (Å²) in [5.41, 5.74) is 0. The SMILES string of the molecule is CC(C)[CH]=[Zr+2]. The van der Waals surface area contributed by atoms with Crippen LogP contribution in [0.4, 0.5) is 0 Å². The Morgan fingerprint density at radius 1 is 1.60 bits per heavy atom. The van der Waals surface area contributed by atoms with Gasteiger partial charge in [0.2, 0.25) is 0 Å². The number of rotatable bonds is 1. The molecule has 0 unspecified atom stereocenters. The standard InChI is InChI=1S/C4H8.Zr/c1-4(2)3;/h1,4H,2-3H3;/q;+2.